The summed E-state index contributed by atoms with van der Waals surface area (Å²) in [4.78, 5) is 0. The van der Waals surface area contributed by atoms with Crippen molar-refractivity contribution in [2.45, 2.75) is 38.0 Å². The van der Waals surface area contributed by atoms with Crippen LogP contribution in [-0.2, 0) is 4.74 Å². The van der Waals surface area contributed by atoms with Crippen LogP contribution in [0.2, 0.25) is 5.02 Å². The van der Waals surface area contributed by atoms with Gasteiger partial charge in [0.1, 0.15) is 0 Å². The third-order valence-corrected chi connectivity index (χ3v) is 5.07. The Morgan fingerprint density at radius 3 is 3.09 bits per heavy atom. The van der Waals surface area contributed by atoms with Gasteiger partial charge in [0.05, 0.1) is 17.8 Å². The van der Waals surface area contributed by atoms with Crippen molar-refractivity contribution >= 4 is 38.4 Å². The second-order valence-corrected chi connectivity index (χ2v) is 6.55. The minimum Gasteiger partial charge on any atom is -0.387 e. The number of hydrogen-bond donors (Lipinski definition) is 1. The van der Waals surface area contributed by atoms with E-state index in [0.717, 1.165) is 41.2 Å². The number of ether oxygens (including phenoxy) is 1. The zero-order valence-corrected chi connectivity index (χ0v) is 14.3. The van der Waals surface area contributed by atoms with E-state index < -0.39 is 6.10 Å². The Kier molecular flexibility index (Phi) is 4.74. The van der Waals surface area contributed by atoms with Gasteiger partial charge in [0.25, 0.3) is 0 Å². The maximum Gasteiger partial charge on any atom is 0.150 e. The second-order valence-electron chi connectivity index (χ2n) is 5.35. The molecular formula is C16H16BrClN2O2. The van der Waals surface area contributed by atoms with Crippen molar-refractivity contribution in [3.8, 4) is 12.3 Å². The first-order valence-electron chi connectivity index (χ1n) is 7.21. The SMILES string of the molecule is C#CCC(O)c1c(Cl)cc2c(cnn2C2CCCCO2)c1Br. The van der Waals surface area contributed by atoms with Crippen molar-refractivity contribution in [3.05, 3.63) is 27.3 Å². The van der Waals surface area contributed by atoms with E-state index in [-0.39, 0.29) is 12.6 Å². The lowest BCUT2D eigenvalue weighted by molar-refractivity contribution is -0.0366. The highest BCUT2D eigenvalue weighted by Gasteiger charge is 2.23. The van der Waals surface area contributed by atoms with Crippen molar-refractivity contribution in [2.24, 2.45) is 0 Å². The van der Waals surface area contributed by atoms with Crippen molar-refractivity contribution in [1.82, 2.24) is 9.78 Å². The van der Waals surface area contributed by atoms with Crippen LogP contribution in [0.3, 0.4) is 0 Å². The van der Waals surface area contributed by atoms with E-state index in [4.69, 9.17) is 22.8 Å². The van der Waals surface area contributed by atoms with Gasteiger partial charge in [-0.25, -0.2) is 4.68 Å². The number of hydrogen-bond acceptors (Lipinski definition) is 3. The minimum absolute atomic E-state index is 0.0595. The van der Waals surface area contributed by atoms with E-state index in [1.165, 1.54) is 0 Å². The van der Waals surface area contributed by atoms with Crippen molar-refractivity contribution in [2.75, 3.05) is 6.61 Å². The summed E-state index contributed by atoms with van der Waals surface area (Å²) in [6.07, 6.45) is 9.54. The van der Waals surface area contributed by atoms with Crippen molar-refractivity contribution < 1.29 is 9.84 Å². The Morgan fingerprint density at radius 2 is 2.41 bits per heavy atom. The van der Waals surface area contributed by atoms with Crippen LogP contribution in [0.1, 0.15) is 43.6 Å². The number of fused-ring (bicyclic) bond motifs is 1. The Morgan fingerprint density at radius 1 is 1.59 bits per heavy atom. The smallest absolute Gasteiger partial charge is 0.150 e. The Hall–Kier alpha value is -1.06. The molecule has 2 atom stereocenters. The molecule has 1 aliphatic heterocycles. The molecule has 2 aromatic rings. The summed E-state index contributed by atoms with van der Waals surface area (Å²) in [5.41, 5.74) is 1.50. The van der Waals surface area contributed by atoms with Crippen LogP contribution in [0.4, 0.5) is 0 Å². The van der Waals surface area contributed by atoms with E-state index >= 15 is 0 Å². The van der Waals surface area contributed by atoms with E-state index in [1.807, 2.05) is 10.7 Å². The minimum atomic E-state index is -0.800. The fourth-order valence-electron chi connectivity index (χ4n) is 2.80. The van der Waals surface area contributed by atoms with Crippen LogP contribution in [0.15, 0.2) is 16.7 Å². The predicted octanol–water partition coefficient (Wildman–Crippen LogP) is 4.21. The Labute approximate surface area is 142 Å². The molecule has 2 unspecified atom stereocenters. The van der Waals surface area contributed by atoms with Gasteiger partial charge in [-0.15, -0.1) is 12.3 Å². The highest BCUT2D eigenvalue weighted by molar-refractivity contribution is 9.10. The molecule has 1 N–H and O–H groups in total. The third kappa shape index (κ3) is 2.77. The van der Waals surface area contributed by atoms with Gasteiger partial charge in [-0.3, -0.25) is 0 Å². The Bertz CT molecular complexity index is 732. The standard InChI is InChI=1S/C16H16BrClN2O2/c1-2-5-13(21)15-11(18)8-12-10(16(15)17)9-19-20(12)14-6-3-4-7-22-14/h1,8-9,13-14,21H,3-7H2. The first-order valence-corrected chi connectivity index (χ1v) is 8.38. The zero-order chi connectivity index (χ0) is 15.7. The molecule has 3 rings (SSSR count). The van der Waals surface area contributed by atoms with Crippen molar-refractivity contribution in [3.63, 3.8) is 0 Å². The first kappa shape index (κ1) is 15.8. The topological polar surface area (TPSA) is 47.3 Å². The molecule has 0 saturated carbocycles. The molecule has 0 radical (unpaired) electrons. The molecule has 116 valence electrons. The lowest BCUT2D eigenvalue weighted by Gasteiger charge is -2.23. The van der Waals surface area contributed by atoms with Crippen LogP contribution in [0.5, 0.6) is 0 Å². The lowest BCUT2D eigenvalue weighted by Crippen LogP contribution is -2.19. The highest BCUT2D eigenvalue weighted by Crippen LogP contribution is 2.39. The molecule has 0 bridgehead atoms. The van der Waals surface area contributed by atoms with Gasteiger partial charge in [0.2, 0.25) is 0 Å². The van der Waals surface area contributed by atoms with Gasteiger partial charge < -0.3 is 9.84 Å². The maximum atomic E-state index is 10.2. The van der Waals surface area contributed by atoms with Gasteiger partial charge in [-0.2, -0.15) is 5.10 Å². The molecule has 22 heavy (non-hydrogen) atoms. The van der Waals surface area contributed by atoms with E-state index in [2.05, 4.69) is 26.9 Å². The van der Waals surface area contributed by atoms with Crippen LogP contribution >= 0.6 is 27.5 Å². The molecule has 0 spiro atoms. The van der Waals surface area contributed by atoms with E-state index in [0.29, 0.717) is 10.6 Å². The molecule has 0 aliphatic carbocycles. The van der Waals surface area contributed by atoms with E-state index in [1.54, 1.807) is 6.20 Å². The molecule has 2 heterocycles. The molecule has 1 aliphatic rings. The first-order chi connectivity index (χ1) is 10.6. The number of aromatic nitrogens is 2. The van der Waals surface area contributed by atoms with Gasteiger partial charge in [-0.1, -0.05) is 11.6 Å². The second kappa shape index (κ2) is 6.59. The number of benzene rings is 1. The summed E-state index contributed by atoms with van der Waals surface area (Å²) in [5.74, 6) is 2.46. The van der Waals surface area contributed by atoms with Crippen LogP contribution in [-0.4, -0.2) is 21.5 Å². The summed E-state index contributed by atoms with van der Waals surface area (Å²) < 4.78 is 8.39. The molecule has 6 heteroatoms. The zero-order valence-electron chi connectivity index (χ0n) is 11.9. The average molecular weight is 384 g/mol. The average Bonchev–Trinajstić information content (AvgIpc) is 2.92. The van der Waals surface area contributed by atoms with Gasteiger partial charge in [0, 0.05) is 33.5 Å². The number of rotatable bonds is 3. The summed E-state index contributed by atoms with van der Waals surface area (Å²) >= 11 is 9.90. The highest BCUT2D eigenvalue weighted by atomic mass is 79.9. The fraction of sp³-hybridized carbons (Fsp3) is 0.438. The van der Waals surface area contributed by atoms with E-state index in [9.17, 15) is 5.11 Å². The van der Waals surface area contributed by atoms with Gasteiger partial charge >= 0.3 is 0 Å². The van der Waals surface area contributed by atoms with Crippen LogP contribution in [0, 0.1) is 12.3 Å². The Balaban J connectivity index is 2.08. The lowest BCUT2D eigenvalue weighted by atomic mass is 10.0. The van der Waals surface area contributed by atoms with Crippen LogP contribution in [0.25, 0.3) is 10.9 Å². The quantitative estimate of drug-likeness (QED) is 0.808. The summed E-state index contributed by atoms with van der Waals surface area (Å²) in [6, 6.07) is 1.82. The summed E-state index contributed by atoms with van der Waals surface area (Å²) in [7, 11) is 0. The van der Waals surface area contributed by atoms with Crippen LogP contribution < -0.4 is 0 Å². The number of halogens is 2. The summed E-state index contributed by atoms with van der Waals surface area (Å²) in [6.45, 7) is 0.750. The van der Waals surface area contributed by atoms with Gasteiger partial charge in [0.15, 0.2) is 6.23 Å². The molecule has 1 aromatic heterocycles. The number of aliphatic hydroxyl groups is 1. The molecule has 1 saturated heterocycles. The molecular weight excluding hydrogens is 368 g/mol. The molecule has 1 aromatic carbocycles. The van der Waals surface area contributed by atoms with Gasteiger partial charge in [-0.05, 0) is 41.3 Å². The largest absolute Gasteiger partial charge is 0.387 e. The molecule has 1 fully saturated rings. The normalized spacial score (nSPS) is 20.0. The van der Waals surface area contributed by atoms with Crippen molar-refractivity contribution in [1.29, 1.82) is 0 Å². The monoisotopic (exact) mass is 382 g/mol. The molecule has 0 amide bonds. The third-order valence-electron chi connectivity index (χ3n) is 3.90. The molecule has 4 nitrogen and oxygen atoms in total. The number of aliphatic hydroxyl groups excluding tert-OH is 1. The number of nitrogens with zero attached hydrogens (tertiary/aromatic N) is 2. The fourth-order valence-corrected chi connectivity index (χ4v) is 4.02. The predicted molar refractivity (Wildman–Crippen MR) is 89.7 cm³/mol. The maximum absolute atomic E-state index is 10.2. The number of terminal acetylenes is 1. The summed E-state index contributed by atoms with van der Waals surface area (Å²) in [5, 5.41) is 16.0.